The van der Waals surface area contributed by atoms with Crippen LogP contribution in [0.5, 0.6) is 0 Å². The fraction of sp³-hybridized carbons (Fsp3) is 0.765. The summed E-state index contributed by atoms with van der Waals surface area (Å²) in [4.78, 5) is 14.0. The van der Waals surface area contributed by atoms with E-state index in [1.165, 1.54) is 24.1 Å². The van der Waals surface area contributed by atoms with Crippen molar-refractivity contribution >= 4 is 22.0 Å². The average molecular weight is 384 g/mol. The number of piperidine rings is 1. The summed E-state index contributed by atoms with van der Waals surface area (Å²) >= 11 is 3.62. The van der Waals surface area contributed by atoms with Gasteiger partial charge in [-0.25, -0.2) is 4.79 Å². The Morgan fingerprint density at radius 1 is 1.22 bits per heavy atom. The van der Waals surface area contributed by atoms with Gasteiger partial charge in [-0.2, -0.15) is 5.10 Å². The van der Waals surface area contributed by atoms with Crippen LogP contribution in [0.4, 0.5) is 4.79 Å². The zero-order valence-corrected chi connectivity index (χ0v) is 15.9. The van der Waals surface area contributed by atoms with Gasteiger partial charge in [0.05, 0.1) is 6.04 Å². The van der Waals surface area contributed by atoms with Gasteiger partial charge in [0.1, 0.15) is 10.2 Å². The van der Waals surface area contributed by atoms with Gasteiger partial charge >= 0.3 is 6.09 Å². The standard InChI is InChI=1S/C17H26BrN3O2/c1-17(2,3)23-16(22)20-10-8-12(9-11-20)21-14-7-5-4-6-13(14)15(18)19-21/h12H,4-11H2,1-3H3. The van der Waals surface area contributed by atoms with Crippen molar-refractivity contribution in [3.8, 4) is 0 Å². The Morgan fingerprint density at radius 3 is 2.52 bits per heavy atom. The smallest absolute Gasteiger partial charge is 0.410 e. The topological polar surface area (TPSA) is 47.4 Å². The maximum Gasteiger partial charge on any atom is 0.410 e. The van der Waals surface area contributed by atoms with Crippen LogP contribution in [0.3, 0.4) is 0 Å². The van der Waals surface area contributed by atoms with Crippen LogP contribution >= 0.6 is 15.9 Å². The van der Waals surface area contributed by atoms with Crippen molar-refractivity contribution < 1.29 is 9.53 Å². The molecule has 0 radical (unpaired) electrons. The molecule has 0 N–H and O–H groups in total. The molecular weight excluding hydrogens is 358 g/mol. The number of carbonyl (C=O) groups is 1. The molecule has 1 saturated heterocycles. The number of aromatic nitrogens is 2. The van der Waals surface area contributed by atoms with Crippen LogP contribution in [-0.2, 0) is 17.6 Å². The number of amides is 1. The molecule has 23 heavy (non-hydrogen) atoms. The minimum absolute atomic E-state index is 0.195. The molecule has 1 aromatic rings. The molecule has 2 heterocycles. The summed E-state index contributed by atoms with van der Waals surface area (Å²) in [5, 5.41) is 4.74. The highest BCUT2D eigenvalue weighted by molar-refractivity contribution is 9.10. The van der Waals surface area contributed by atoms with Gasteiger partial charge in [0.15, 0.2) is 0 Å². The van der Waals surface area contributed by atoms with E-state index in [0.717, 1.165) is 43.4 Å². The molecule has 1 fully saturated rings. The van der Waals surface area contributed by atoms with Gasteiger partial charge in [-0.05, 0) is 75.2 Å². The number of carbonyl (C=O) groups excluding carboxylic acids is 1. The van der Waals surface area contributed by atoms with Crippen molar-refractivity contribution in [2.24, 2.45) is 0 Å². The number of fused-ring (bicyclic) bond motifs is 1. The van der Waals surface area contributed by atoms with E-state index in [9.17, 15) is 4.79 Å². The van der Waals surface area contributed by atoms with Gasteiger partial charge in [0.2, 0.25) is 0 Å². The van der Waals surface area contributed by atoms with E-state index < -0.39 is 5.60 Å². The molecular formula is C17H26BrN3O2. The van der Waals surface area contributed by atoms with Crippen molar-refractivity contribution in [3.63, 3.8) is 0 Å². The summed E-state index contributed by atoms with van der Waals surface area (Å²) < 4.78 is 8.71. The molecule has 128 valence electrons. The quantitative estimate of drug-likeness (QED) is 0.733. The minimum Gasteiger partial charge on any atom is -0.444 e. The molecule has 0 aromatic carbocycles. The second-order valence-corrected chi connectivity index (χ2v) is 8.32. The molecule has 1 amide bonds. The maximum absolute atomic E-state index is 12.2. The summed E-state index contributed by atoms with van der Waals surface area (Å²) in [5.74, 6) is 0. The molecule has 0 unspecified atom stereocenters. The number of likely N-dealkylation sites (tertiary alicyclic amines) is 1. The first-order valence-electron chi connectivity index (χ1n) is 8.59. The molecule has 0 saturated carbocycles. The Morgan fingerprint density at radius 2 is 1.87 bits per heavy atom. The van der Waals surface area contributed by atoms with Gasteiger partial charge in [0, 0.05) is 24.3 Å². The van der Waals surface area contributed by atoms with Crippen LogP contribution in [-0.4, -0.2) is 39.5 Å². The Hall–Kier alpha value is -1.04. The lowest BCUT2D eigenvalue weighted by molar-refractivity contribution is 0.0184. The van der Waals surface area contributed by atoms with Crippen LogP contribution in [0, 0.1) is 0 Å². The van der Waals surface area contributed by atoms with Crippen molar-refractivity contribution in [2.45, 2.75) is 70.9 Å². The molecule has 3 rings (SSSR count). The van der Waals surface area contributed by atoms with Gasteiger partial charge in [-0.15, -0.1) is 0 Å². The van der Waals surface area contributed by atoms with Gasteiger partial charge in [-0.1, -0.05) is 0 Å². The van der Waals surface area contributed by atoms with E-state index in [0.29, 0.717) is 6.04 Å². The predicted molar refractivity (Wildman–Crippen MR) is 92.6 cm³/mol. The molecule has 6 heteroatoms. The van der Waals surface area contributed by atoms with Crippen molar-refractivity contribution in [2.75, 3.05) is 13.1 Å². The van der Waals surface area contributed by atoms with Crippen LogP contribution in [0.25, 0.3) is 0 Å². The van der Waals surface area contributed by atoms with Crippen LogP contribution in [0.1, 0.15) is 63.8 Å². The van der Waals surface area contributed by atoms with Crippen molar-refractivity contribution in [3.05, 3.63) is 15.9 Å². The Labute approximate surface area is 146 Å². The first-order valence-corrected chi connectivity index (χ1v) is 9.38. The third kappa shape index (κ3) is 3.73. The zero-order valence-electron chi connectivity index (χ0n) is 14.3. The molecule has 0 bridgehead atoms. The average Bonchev–Trinajstić information content (AvgIpc) is 2.83. The highest BCUT2D eigenvalue weighted by Gasteiger charge is 2.30. The third-order valence-electron chi connectivity index (χ3n) is 4.62. The molecule has 1 aromatic heterocycles. The third-order valence-corrected chi connectivity index (χ3v) is 5.26. The molecule has 1 aliphatic carbocycles. The molecule has 0 atom stereocenters. The second kappa shape index (κ2) is 6.46. The lowest BCUT2D eigenvalue weighted by Crippen LogP contribution is -2.42. The highest BCUT2D eigenvalue weighted by Crippen LogP contribution is 2.33. The second-order valence-electron chi connectivity index (χ2n) is 7.57. The largest absolute Gasteiger partial charge is 0.444 e. The predicted octanol–water partition coefficient (Wildman–Crippen LogP) is 4.10. The molecule has 2 aliphatic rings. The van der Waals surface area contributed by atoms with Gasteiger partial charge in [-0.3, -0.25) is 4.68 Å². The fourth-order valence-corrected chi connectivity index (χ4v) is 4.10. The highest BCUT2D eigenvalue weighted by atomic mass is 79.9. The lowest BCUT2D eigenvalue weighted by Gasteiger charge is -2.34. The van der Waals surface area contributed by atoms with E-state index in [1.807, 2.05) is 25.7 Å². The molecule has 1 aliphatic heterocycles. The van der Waals surface area contributed by atoms with Gasteiger partial charge in [0.25, 0.3) is 0 Å². The van der Waals surface area contributed by atoms with Crippen LogP contribution < -0.4 is 0 Å². The summed E-state index contributed by atoms with van der Waals surface area (Å²) in [7, 11) is 0. The number of ether oxygens (including phenoxy) is 1. The Bertz CT molecular complexity index is 583. The maximum atomic E-state index is 12.2. The zero-order chi connectivity index (χ0) is 16.6. The normalized spacial score (nSPS) is 19.6. The Balaban J connectivity index is 1.65. The number of rotatable bonds is 1. The fourth-order valence-electron chi connectivity index (χ4n) is 3.50. The van der Waals surface area contributed by atoms with E-state index in [2.05, 4.69) is 20.6 Å². The molecule has 5 nitrogen and oxygen atoms in total. The first-order chi connectivity index (χ1) is 10.8. The Kier molecular flexibility index (Phi) is 4.72. The summed E-state index contributed by atoms with van der Waals surface area (Å²) in [6, 6.07) is 0.395. The molecule has 0 spiro atoms. The number of hydrogen-bond acceptors (Lipinski definition) is 3. The number of halogens is 1. The SMILES string of the molecule is CC(C)(C)OC(=O)N1CCC(n2nc(Br)c3c2CCCC3)CC1. The van der Waals surface area contributed by atoms with E-state index >= 15 is 0 Å². The van der Waals surface area contributed by atoms with Crippen molar-refractivity contribution in [1.29, 1.82) is 0 Å². The van der Waals surface area contributed by atoms with Crippen LogP contribution in [0.15, 0.2) is 4.60 Å². The van der Waals surface area contributed by atoms with Crippen molar-refractivity contribution in [1.82, 2.24) is 14.7 Å². The van der Waals surface area contributed by atoms with E-state index in [1.54, 1.807) is 0 Å². The lowest BCUT2D eigenvalue weighted by atomic mass is 9.97. The number of hydrogen-bond donors (Lipinski definition) is 0. The van der Waals surface area contributed by atoms with Crippen LogP contribution in [0.2, 0.25) is 0 Å². The monoisotopic (exact) mass is 383 g/mol. The first kappa shape index (κ1) is 16.8. The van der Waals surface area contributed by atoms with E-state index in [4.69, 9.17) is 9.84 Å². The summed E-state index contributed by atoms with van der Waals surface area (Å²) in [6.45, 7) is 7.21. The minimum atomic E-state index is -0.431. The van der Waals surface area contributed by atoms with Gasteiger partial charge < -0.3 is 9.64 Å². The number of nitrogens with zero attached hydrogens (tertiary/aromatic N) is 3. The van der Waals surface area contributed by atoms with E-state index in [-0.39, 0.29) is 6.09 Å². The summed E-state index contributed by atoms with van der Waals surface area (Å²) in [6.07, 6.45) is 6.46. The summed E-state index contributed by atoms with van der Waals surface area (Å²) in [5.41, 5.74) is 2.37.